The SMILES string of the molecule is Cc1cc(Nc2ccc(Cl)cc2)n2nc(CCCl)nc2n1. The van der Waals surface area contributed by atoms with E-state index in [9.17, 15) is 0 Å². The number of anilines is 2. The number of rotatable bonds is 4. The summed E-state index contributed by atoms with van der Waals surface area (Å²) in [5.74, 6) is 2.53. The maximum absolute atomic E-state index is 5.90. The van der Waals surface area contributed by atoms with Gasteiger partial charge in [-0.1, -0.05) is 11.6 Å². The van der Waals surface area contributed by atoms with E-state index in [0.717, 1.165) is 17.2 Å². The normalized spacial score (nSPS) is 11.0. The summed E-state index contributed by atoms with van der Waals surface area (Å²) in [5, 5.41) is 8.42. The fraction of sp³-hybridized carbons (Fsp3) is 0.214. The molecule has 0 amide bonds. The molecule has 0 saturated carbocycles. The first kappa shape index (κ1) is 14.1. The van der Waals surface area contributed by atoms with E-state index in [-0.39, 0.29) is 0 Å². The Morgan fingerprint density at radius 3 is 2.67 bits per heavy atom. The molecule has 0 spiro atoms. The van der Waals surface area contributed by atoms with Crippen molar-refractivity contribution in [2.45, 2.75) is 13.3 Å². The molecular weight excluding hydrogens is 309 g/mol. The lowest BCUT2D eigenvalue weighted by molar-refractivity contribution is 0.884. The Balaban J connectivity index is 2.01. The van der Waals surface area contributed by atoms with Gasteiger partial charge in [-0.05, 0) is 31.2 Å². The van der Waals surface area contributed by atoms with Crippen LogP contribution in [0.2, 0.25) is 5.02 Å². The highest BCUT2D eigenvalue weighted by atomic mass is 35.5. The number of aryl methyl sites for hydroxylation is 2. The van der Waals surface area contributed by atoms with Gasteiger partial charge in [-0.3, -0.25) is 0 Å². The molecule has 0 aliphatic heterocycles. The lowest BCUT2D eigenvalue weighted by Gasteiger charge is -2.08. The Kier molecular flexibility index (Phi) is 3.94. The van der Waals surface area contributed by atoms with Crippen molar-refractivity contribution < 1.29 is 0 Å². The van der Waals surface area contributed by atoms with E-state index >= 15 is 0 Å². The number of halogens is 2. The lowest BCUT2D eigenvalue weighted by Crippen LogP contribution is -2.02. The molecule has 0 bridgehead atoms. The van der Waals surface area contributed by atoms with E-state index in [0.29, 0.717) is 28.9 Å². The molecule has 108 valence electrons. The molecule has 0 aliphatic rings. The minimum Gasteiger partial charge on any atom is -0.340 e. The Bertz CT molecular complexity index is 767. The summed E-state index contributed by atoms with van der Waals surface area (Å²) in [6.45, 7) is 1.92. The van der Waals surface area contributed by atoms with Crippen molar-refractivity contribution in [3.05, 3.63) is 46.9 Å². The molecule has 0 aliphatic carbocycles. The second-order valence-electron chi connectivity index (χ2n) is 4.59. The van der Waals surface area contributed by atoms with Gasteiger partial charge in [0.15, 0.2) is 5.82 Å². The first-order valence-electron chi connectivity index (χ1n) is 6.47. The van der Waals surface area contributed by atoms with Gasteiger partial charge >= 0.3 is 0 Å². The number of benzene rings is 1. The third-order valence-corrected chi connectivity index (χ3v) is 3.36. The molecule has 3 aromatic rings. The minimum atomic E-state index is 0.482. The predicted molar refractivity (Wildman–Crippen MR) is 84.7 cm³/mol. The number of nitrogens with one attached hydrogen (secondary N) is 1. The molecule has 2 aromatic heterocycles. The van der Waals surface area contributed by atoms with Gasteiger partial charge in [-0.2, -0.15) is 9.50 Å². The first-order valence-corrected chi connectivity index (χ1v) is 7.39. The van der Waals surface area contributed by atoms with Gasteiger partial charge in [0.05, 0.1) is 0 Å². The second-order valence-corrected chi connectivity index (χ2v) is 5.41. The van der Waals surface area contributed by atoms with Crippen LogP contribution in [0.3, 0.4) is 0 Å². The number of hydrogen-bond donors (Lipinski definition) is 1. The summed E-state index contributed by atoms with van der Waals surface area (Å²) in [6, 6.07) is 9.38. The van der Waals surface area contributed by atoms with Crippen LogP contribution in [0.15, 0.2) is 30.3 Å². The van der Waals surface area contributed by atoms with Crippen molar-refractivity contribution in [3.8, 4) is 0 Å². The third-order valence-electron chi connectivity index (χ3n) is 2.92. The van der Waals surface area contributed by atoms with Gasteiger partial charge in [-0.25, -0.2) is 4.98 Å². The number of fused-ring (bicyclic) bond motifs is 1. The number of hydrogen-bond acceptors (Lipinski definition) is 4. The zero-order valence-corrected chi connectivity index (χ0v) is 12.9. The summed E-state index contributed by atoms with van der Waals surface area (Å²) in [6.07, 6.45) is 0.615. The average molecular weight is 322 g/mol. The quantitative estimate of drug-likeness (QED) is 0.746. The molecule has 1 N–H and O–H groups in total. The Labute approximate surface area is 131 Å². The molecule has 0 atom stereocenters. The molecule has 21 heavy (non-hydrogen) atoms. The van der Waals surface area contributed by atoms with Crippen LogP contribution < -0.4 is 5.32 Å². The lowest BCUT2D eigenvalue weighted by atomic mass is 10.3. The van der Waals surface area contributed by atoms with Crippen LogP contribution in [-0.4, -0.2) is 25.5 Å². The highest BCUT2D eigenvalue weighted by Crippen LogP contribution is 2.20. The zero-order chi connectivity index (χ0) is 14.8. The van der Waals surface area contributed by atoms with Crippen LogP contribution in [0.25, 0.3) is 5.78 Å². The first-order chi connectivity index (χ1) is 10.2. The van der Waals surface area contributed by atoms with E-state index in [1.807, 2.05) is 37.3 Å². The fourth-order valence-corrected chi connectivity index (χ4v) is 2.28. The topological polar surface area (TPSA) is 55.1 Å². The molecule has 0 fully saturated rings. The van der Waals surface area contributed by atoms with E-state index in [1.165, 1.54) is 0 Å². The van der Waals surface area contributed by atoms with Crippen molar-refractivity contribution in [1.82, 2.24) is 19.6 Å². The minimum absolute atomic E-state index is 0.482. The molecule has 3 rings (SSSR count). The van der Waals surface area contributed by atoms with Crippen LogP contribution in [0.5, 0.6) is 0 Å². The second kappa shape index (κ2) is 5.87. The van der Waals surface area contributed by atoms with Gasteiger partial charge in [0.25, 0.3) is 5.78 Å². The van der Waals surface area contributed by atoms with Crippen molar-refractivity contribution in [2.75, 3.05) is 11.2 Å². The van der Waals surface area contributed by atoms with Crippen molar-refractivity contribution >= 4 is 40.5 Å². The zero-order valence-electron chi connectivity index (χ0n) is 11.3. The number of alkyl halides is 1. The largest absolute Gasteiger partial charge is 0.340 e. The van der Waals surface area contributed by atoms with Crippen molar-refractivity contribution in [3.63, 3.8) is 0 Å². The maximum Gasteiger partial charge on any atom is 0.254 e. The summed E-state index contributed by atoms with van der Waals surface area (Å²) >= 11 is 11.6. The van der Waals surface area contributed by atoms with E-state index < -0.39 is 0 Å². The predicted octanol–water partition coefficient (Wildman–Crippen LogP) is 3.61. The summed E-state index contributed by atoms with van der Waals surface area (Å²) in [7, 11) is 0. The molecule has 2 heterocycles. The average Bonchev–Trinajstić information content (AvgIpc) is 2.84. The summed E-state index contributed by atoms with van der Waals surface area (Å²) in [4.78, 5) is 8.75. The van der Waals surface area contributed by atoms with Gasteiger partial charge in [0, 0.05) is 34.8 Å². The third kappa shape index (κ3) is 3.09. The summed E-state index contributed by atoms with van der Waals surface area (Å²) in [5.41, 5.74) is 1.78. The van der Waals surface area contributed by atoms with Crippen LogP contribution in [0.1, 0.15) is 11.5 Å². The fourth-order valence-electron chi connectivity index (χ4n) is 1.99. The number of nitrogens with zero attached hydrogens (tertiary/aromatic N) is 4. The van der Waals surface area contributed by atoms with Gasteiger partial charge in [0.1, 0.15) is 5.82 Å². The molecular formula is C14H13Cl2N5. The van der Waals surface area contributed by atoms with Crippen LogP contribution in [-0.2, 0) is 6.42 Å². The van der Waals surface area contributed by atoms with Crippen LogP contribution in [0, 0.1) is 6.92 Å². The van der Waals surface area contributed by atoms with Crippen molar-refractivity contribution in [1.29, 1.82) is 0 Å². The smallest absolute Gasteiger partial charge is 0.254 e. The molecule has 7 heteroatoms. The Hall–Kier alpha value is -1.85. The van der Waals surface area contributed by atoms with Crippen molar-refractivity contribution in [2.24, 2.45) is 0 Å². The molecule has 1 aromatic carbocycles. The van der Waals surface area contributed by atoms with E-state index in [1.54, 1.807) is 4.52 Å². The number of aromatic nitrogens is 4. The van der Waals surface area contributed by atoms with E-state index in [2.05, 4.69) is 20.4 Å². The van der Waals surface area contributed by atoms with Gasteiger partial charge in [0.2, 0.25) is 0 Å². The monoisotopic (exact) mass is 321 g/mol. The standard InChI is InChI=1S/C14H13Cl2N5/c1-9-8-13(18-11-4-2-10(16)3-5-11)21-14(17-9)19-12(20-21)6-7-15/h2-5,8,18H,6-7H2,1H3. The Morgan fingerprint density at radius 2 is 1.95 bits per heavy atom. The molecule has 5 nitrogen and oxygen atoms in total. The van der Waals surface area contributed by atoms with E-state index in [4.69, 9.17) is 23.2 Å². The van der Waals surface area contributed by atoms with Crippen LogP contribution in [0.4, 0.5) is 11.5 Å². The van der Waals surface area contributed by atoms with Crippen LogP contribution >= 0.6 is 23.2 Å². The highest BCUT2D eigenvalue weighted by Gasteiger charge is 2.10. The molecule has 0 saturated heterocycles. The highest BCUT2D eigenvalue weighted by molar-refractivity contribution is 6.30. The van der Waals surface area contributed by atoms with Gasteiger partial charge in [-0.15, -0.1) is 16.7 Å². The Morgan fingerprint density at radius 1 is 1.19 bits per heavy atom. The summed E-state index contributed by atoms with van der Waals surface area (Å²) < 4.78 is 1.68. The molecule has 0 unspecified atom stereocenters. The van der Waals surface area contributed by atoms with Gasteiger partial charge < -0.3 is 5.32 Å². The maximum atomic E-state index is 5.90. The molecule has 0 radical (unpaired) electrons.